The zero-order valence-electron chi connectivity index (χ0n) is 13.5. The maximum atomic E-state index is 5.73. The predicted octanol–water partition coefficient (Wildman–Crippen LogP) is 4.34. The molecular formula is C18H19N3OS. The average molecular weight is 325 g/mol. The van der Waals surface area contributed by atoms with Crippen molar-refractivity contribution >= 4 is 17.0 Å². The number of nitrogens with zero attached hydrogens (tertiary/aromatic N) is 3. The molecule has 0 atom stereocenters. The maximum absolute atomic E-state index is 5.73. The molecule has 0 aliphatic carbocycles. The fourth-order valence-corrected chi connectivity index (χ4v) is 3.23. The Bertz CT molecular complexity index is 767. The first-order chi connectivity index (χ1) is 11.2. The maximum Gasteiger partial charge on any atom is 0.233 e. The highest BCUT2D eigenvalue weighted by Gasteiger charge is 2.16. The minimum atomic E-state index is 0.591. The number of anilines is 1. The second-order valence-corrected chi connectivity index (χ2v) is 6.24. The van der Waals surface area contributed by atoms with Crippen molar-refractivity contribution < 1.29 is 4.74 Å². The van der Waals surface area contributed by atoms with E-state index in [4.69, 9.17) is 4.74 Å². The summed E-state index contributed by atoms with van der Waals surface area (Å²) >= 11 is 1.61. The van der Waals surface area contributed by atoms with Crippen LogP contribution >= 0.6 is 11.3 Å². The lowest BCUT2D eigenvalue weighted by atomic mass is 10.2. The Morgan fingerprint density at radius 1 is 1.09 bits per heavy atom. The van der Waals surface area contributed by atoms with Crippen LogP contribution in [0.3, 0.4) is 0 Å². The summed E-state index contributed by atoms with van der Waals surface area (Å²) in [5.41, 5.74) is 3.15. The van der Waals surface area contributed by atoms with Crippen LogP contribution in [0.5, 0.6) is 5.88 Å². The number of rotatable bonds is 5. The Morgan fingerprint density at radius 2 is 1.87 bits per heavy atom. The number of aromatic nitrogens is 2. The third-order valence-electron chi connectivity index (χ3n) is 3.41. The third-order valence-corrected chi connectivity index (χ3v) is 4.52. The summed E-state index contributed by atoms with van der Waals surface area (Å²) in [5, 5.41) is 0.876. The first-order valence-electron chi connectivity index (χ1n) is 7.52. The molecule has 2 aromatic heterocycles. The summed E-state index contributed by atoms with van der Waals surface area (Å²) in [6.45, 7) is 2.56. The van der Waals surface area contributed by atoms with Crippen LogP contribution in [0.15, 0.2) is 48.7 Å². The first-order valence-corrected chi connectivity index (χ1v) is 8.33. The number of thiazole rings is 1. The summed E-state index contributed by atoms with van der Waals surface area (Å²) in [5.74, 6) is 0.677. The number of hydrogen-bond donors (Lipinski definition) is 0. The van der Waals surface area contributed by atoms with Gasteiger partial charge in [0, 0.05) is 26.0 Å². The summed E-state index contributed by atoms with van der Waals surface area (Å²) in [6.07, 6.45) is 1.78. The van der Waals surface area contributed by atoms with Crippen LogP contribution < -0.4 is 9.64 Å². The van der Waals surface area contributed by atoms with Crippen LogP contribution in [0.2, 0.25) is 0 Å². The standard InChI is InChI=1S/C18H19N3OS/c1-4-22-17-16(13-8-10-14(11-9-13)21(2)3)23-18(20-17)15-7-5-6-12-19-15/h5-12H,4H2,1-3H3. The van der Waals surface area contributed by atoms with E-state index in [2.05, 4.69) is 39.1 Å². The van der Waals surface area contributed by atoms with E-state index >= 15 is 0 Å². The summed E-state index contributed by atoms with van der Waals surface area (Å²) in [7, 11) is 4.07. The molecule has 0 bridgehead atoms. The van der Waals surface area contributed by atoms with E-state index < -0.39 is 0 Å². The molecule has 0 radical (unpaired) electrons. The molecule has 0 N–H and O–H groups in total. The Morgan fingerprint density at radius 3 is 2.48 bits per heavy atom. The lowest BCUT2D eigenvalue weighted by Gasteiger charge is -2.12. The zero-order chi connectivity index (χ0) is 16.2. The van der Waals surface area contributed by atoms with Crippen LogP contribution in [0.25, 0.3) is 21.1 Å². The Labute approximate surface area is 140 Å². The van der Waals surface area contributed by atoms with Crippen molar-refractivity contribution in [3.8, 4) is 27.0 Å². The fourth-order valence-electron chi connectivity index (χ4n) is 2.23. The number of hydrogen-bond acceptors (Lipinski definition) is 5. The molecule has 5 heteroatoms. The molecule has 3 aromatic rings. The van der Waals surface area contributed by atoms with Gasteiger partial charge in [-0.25, -0.2) is 0 Å². The first kappa shape index (κ1) is 15.5. The molecule has 0 spiro atoms. The second kappa shape index (κ2) is 6.79. The molecule has 0 aliphatic heterocycles. The molecule has 118 valence electrons. The fraction of sp³-hybridized carbons (Fsp3) is 0.222. The molecule has 0 fully saturated rings. The van der Waals surface area contributed by atoms with E-state index in [1.807, 2.05) is 39.2 Å². The summed E-state index contributed by atoms with van der Waals surface area (Å²) < 4.78 is 5.73. The summed E-state index contributed by atoms with van der Waals surface area (Å²) in [4.78, 5) is 12.1. The van der Waals surface area contributed by atoms with Crippen LogP contribution in [0, 0.1) is 0 Å². The summed E-state index contributed by atoms with van der Waals surface area (Å²) in [6, 6.07) is 14.3. The zero-order valence-corrected chi connectivity index (χ0v) is 14.3. The SMILES string of the molecule is CCOc1nc(-c2ccccn2)sc1-c1ccc(N(C)C)cc1. The molecule has 0 amide bonds. The van der Waals surface area contributed by atoms with Gasteiger partial charge in [0.25, 0.3) is 0 Å². The van der Waals surface area contributed by atoms with Crippen molar-refractivity contribution in [1.29, 1.82) is 0 Å². The van der Waals surface area contributed by atoms with E-state index in [1.165, 1.54) is 5.69 Å². The molecule has 3 rings (SSSR count). The van der Waals surface area contributed by atoms with E-state index in [9.17, 15) is 0 Å². The van der Waals surface area contributed by atoms with Crippen LogP contribution in [-0.4, -0.2) is 30.7 Å². The van der Waals surface area contributed by atoms with Gasteiger partial charge >= 0.3 is 0 Å². The minimum Gasteiger partial charge on any atom is -0.477 e. The number of pyridine rings is 1. The van der Waals surface area contributed by atoms with Crippen LogP contribution in [-0.2, 0) is 0 Å². The highest BCUT2D eigenvalue weighted by Crippen LogP contribution is 2.39. The predicted molar refractivity (Wildman–Crippen MR) is 96.3 cm³/mol. The average Bonchev–Trinajstić information content (AvgIpc) is 3.00. The van der Waals surface area contributed by atoms with E-state index in [0.29, 0.717) is 12.5 Å². The lowest BCUT2D eigenvalue weighted by molar-refractivity contribution is 0.330. The lowest BCUT2D eigenvalue weighted by Crippen LogP contribution is -2.07. The quantitative estimate of drug-likeness (QED) is 0.699. The van der Waals surface area contributed by atoms with Gasteiger partial charge in [-0.2, -0.15) is 4.98 Å². The van der Waals surface area contributed by atoms with Gasteiger partial charge < -0.3 is 9.64 Å². The Hall–Kier alpha value is -2.40. The van der Waals surface area contributed by atoms with E-state index in [1.54, 1.807) is 17.5 Å². The smallest absolute Gasteiger partial charge is 0.233 e. The van der Waals surface area contributed by atoms with Crippen molar-refractivity contribution in [2.24, 2.45) is 0 Å². The number of ether oxygens (including phenoxy) is 1. The Balaban J connectivity index is 2.02. The monoisotopic (exact) mass is 325 g/mol. The molecule has 1 aromatic carbocycles. The Kier molecular flexibility index (Phi) is 4.57. The van der Waals surface area contributed by atoms with Crippen LogP contribution in [0.4, 0.5) is 5.69 Å². The van der Waals surface area contributed by atoms with Gasteiger partial charge in [-0.1, -0.05) is 18.2 Å². The highest BCUT2D eigenvalue weighted by atomic mass is 32.1. The molecule has 0 unspecified atom stereocenters. The van der Waals surface area contributed by atoms with E-state index in [0.717, 1.165) is 21.1 Å². The molecule has 2 heterocycles. The highest BCUT2D eigenvalue weighted by molar-refractivity contribution is 7.18. The van der Waals surface area contributed by atoms with Gasteiger partial charge in [0.15, 0.2) is 0 Å². The van der Waals surface area contributed by atoms with Gasteiger partial charge in [-0.15, -0.1) is 11.3 Å². The van der Waals surface area contributed by atoms with Crippen molar-refractivity contribution in [2.45, 2.75) is 6.92 Å². The van der Waals surface area contributed by atoms with Gasteiger partial charge in [0.05, 0.1) is 17.2 Å². The van der Waals surface area contributed by atoms with Crippen molar-refractivity contribution in [3.63, 3.8) is 0 Å². The number of benzene rings is 1. The topological polar surface area (TPSA) is 38.3 Å². The van der Waals surface area contributed by atoms with Gasteiger partial charge in [0.2, 0.25) is 5.88 Å². The van der Waals surface area contributed by atoms with Crippen LogP contribution in [0.1, 0.15) is 6.92 Å². The molecule has 4 nitrogen and oxygen atoms in total. The van der Waals surface area contributed by atoms with Gasteiger partial charge in [-0.05, 0) is 36.8 Å². The second-order valence-electron chi connectivity index (χ2n) is 5.24. The largest absolute Gasteiger partial charge is 0.477 e. The molecule has 0 aliphatic rings. The van der Waals surface area contributed by atoms with Gasteiger partial charge in [-0.3, -0.25) is 4.98 Å². The third kappa shape index (κ3) is 3.35. The van der Waals surface area contributed by atoms with Gasteiger partial charge in [0.1, 0.15) is 5.01 Å². The minimum absolute atomic E-state index is 0.591. The molecule has 23 heavy (non-hydrogen) atoms. The van der Waals surface area contributed by atoms with Crippen molar-refractivity contribution in [1.82, 2.24) is 9.97 Å². The molecule has 0 saturated carbocycles. The van der Waals surface area contributed by atoms with Crippen molar-refractivity contribution in [2.75, 3.05) is 25.6 Å². The van der Waals surface area contributed by atoms with Crippen molar-refractivity contribution in [3.05, 3.63) is 48.7 Å². The molecule has 0 saturated heterocycles. The van der Waals surface area contributed by atoms with E-state index in [-0.39, 0.29) is 0 Å². The normalized spacial score (nSPS) is 10.6. The molecular weight excluding hydrogens is 306 g/mol.